The Labute approximate surface area is 116 Å². The van der Waals surface area contributed by atoms with Gasteiger partial charge in [-0.15, -0.1) is 0 Å². The molecule has 3 nitrogen and oxygen atoms in total. The molecule has 0 saturated carbocycles. The quantitative estimate of drug-likeness (QED) is 0.905. The number of nitrogens with zero attached hydrogens (tertiary/aromatic N) is 2. The first-order valence-electron chi connectivity index (χ1n) is 6.24. The molecule has 0 aromatic heterocycles. The van der Waals surface area contributed by atoms with Crippen molar-refractivity contribution in [1.29, 1.82) is 5.26 Å². The SMILES string of the molecule is CC(C)N(CC(F)(F)F)CC(N)(C#N)c1ccccc1. The lowest BCUT2D eigenvalue weighted by atomic mass is 9.91. The van der Waals surface area contributed by atoms with Crippen LogP contribution in [0, 0.1) is 11.3 Å². The molecule has 0 radical (unpaired) electrons. The fraction of sp³-hybridized carbons (Fsp3) is 0.500. The van der Waals surface area contributed by atoms with Crippen molar-refractivity contribution in [1.82, 2.24) is 4.90 Å². The third-order valence-electron chi connectivity index (χ3n) is 3.05. The van der Waals surface area contributed by atoms with Crippen LogP contribution in [-0.2, 0) is 5.54 Å². The Balaban J connectivity index is 2.98. The van der Waals surface area contributed by atoms with Gasteiger partial charge in [0.1, 0.15) is 5.54 Å². The van der Waals surface area contributed by atoms with Crippen LogP contribution in [0.2, 0.25) is 0 Å². The fourth-order valence-corrected chi connectivity index (χ4v) is 1.90. The molecule has 0 heterocycles. The molecule has 0 spiro atoms. The zero-order chi connectivity index (χ0) is 15.4. The zero-order valence-electron chi connectivity index (χ0n) is 11.5. The summed E-state index contributed by atoms with van der Waals surface area (Å²) >= 11 is 0. The van der Waals surface area contributed by atoms with Crippen molar-refractivity contribution in [2.75, 3.05) is 13.1 Å². The van der Waals surface area contributed by atoms with E-state index in [1.807, 2.05) is 6.07 Å². The van der Waals surface area contributed by atoms with E-state index in [-0.39, 0.29) is 12.6 Å². The molecule has 0 aliphatic heterocycles. The molecule has 20 heavy (non-hydrogen) atoms. The second-order valence-electron chi connectivity index (χ2n) is 5.06. The summed E-state index contributed by atoms with van der Waals surface area (Å²) < 4.78 is 37.7. The second-order valence-corrected chi connectivity index (χ2v) is 5.06. The maximum absolute atomic E-state index is 12.6. The molecule has 0 aliphatic rings. The number of benzene rings is 1. The van der Waals surface area contributed by atoms with E-state index >= 15 is 0 Å². The summed E-state index contributed by atoms with van der Waals surface area (Å²) in [5.41, 5.74) is 5.05. The van der Waals surface area contributed by atoms with Crippen LogP contribution < -0.4 is 5.73 Å². The van der Waals surface area contributed by atoms with Crippen molar-refractivity contribution in [3.8, 4) is 6.07 Å². The summed E-state index contributed by atoms with van der Waals surface area (Å²) in [5, 5.41) is 9.28. The van der Waals surface area contributed by atoms with Crippen LogP contribution in [-0.4, -0.2) is 30.2 Å². The smallest absolute Gasteiger partial charge is 0.309 e. The highest BCUT2D eigenvalue weighted by molar-refractivity contribution is 5.31. The van der Waals surface area contributed by atoms with Crippen LogP contribution in [0.3, 0.4) is 0 Å². The fourth-order valence-electron chi connectivity index (χ4n) is 1.90. The summed E-state index contributed by atoms with van der Waals surface area (Å²) in [6.07, 6.45) is -4.32. The van der Waals surface area contributed by atoms with Crippen LogP contribution in [0.4, 0.5) is 13.2 Å². The zero-order valence-corrected chi connectivity index (χ0v) is 11.5. The summed E-state index contributed by atoms with van der Waals surface area (Å²) in [4.78, 5) is 1.16. The van der Waals surface area contributed by atoms with E-state index in [2.05, 4.69) is 0 Å². The first-order valence-corrected chi connectivity index (χ1v) is 6.24. The lowest BCUT2D eigenvalue weighted by Gasteiger charge is -2.33. The maximum Gasteiger partial charge on any atom is 0.401 e. The van der Waals surface area contributed by atoms with Gasteiger partial charge in [0.15, 0.2) is 0 Å². The molecule has 110 valence electrons. The Morgan fingerprint density at radius 1 is 1.20 bits per heavy atom. The molecule has 1 aromatic carbocycles. The van der Waals surface area contributed by atoms with Gasteiger partial charge in [-0.25, -0.2) is 0 Å². The van der Waals surface area contributed by atoms with E-state index in [4.69, 9.17) is 5.73 Å². The molecule has 2 N–H and O–H groups in total. The topological polar surface area (TPSA) is 53.0 Å². The number of rotatable bonds is 5. The van der Waals surface area contributed by atoms with Gasteiger partial charge in [-0.1, -0.05) is 30.3 Å². The largest absolute Gasteiger partial charge is 0.401 e. The van der Waals surface area contributed by atoms with Gasteiger partial charge in [0.05, 0.1) is 12.6 Å². The number of hydrogen-bond acceptors (Lipinski definition) is 3. The van der Waals surface area contributed by atoms with E-state index in [1.165, 1.54) is 0 Å². The number of hydrogen-bond donors (Lipinski definition) is 1. The van der Waals surface area contributed by atoms with Crippen molar-refractivity contribution in [3.63, 3.8) is 0 Å². The van der Waals surface area contributed by atoms with Gasteiger partial charge >= 0.3 is 6.18 Å². The number of alkyl halides is 3. The van der Waals surface area contributed by atoms with Gasteiger partial charge in [-0.3, -0.25) is 4.90 Å². The van der Waals surface area contributed by atoms with Crippen LogP contribution >= 0.6 is 0 Å². The molecule has 6 heteroatoms. The van der Waals surface area contributed by atoms with E-state index in [0.717, 1.165) is 4.90 Å². The van der Waals surface area contributed by atoms with Gasteiger partial charge in [-0.2, -0.15) is 18.4 Å². The third-order valence-corrected chi connectivity index (χ3v) is 3.05. The van der Waals surface area contributed by atoms with E-state index in [1.54, 1.807) is 44.2 Å². The van der Waals surface area contributed by atoms with Crippen molar-refractivity contribution in [3.05, 3.63) is 35.9 Å². The molecule has 0 bridgehead atoms. The monoisotopic (exact) mass is 285 g/mol. The lowest BCUT2D eigenvalue weighted by Crippen LogP contribution is -2.51. The summed E-state index contributed by atoms with van der Waals surface area (Å²) in [6.45, 7) is 2.03. The van der Waals surface area contributed by atoms with Crippen LogP contribution in [0.15, 0.2) is 30.3 Å². The first-order chi connectivity index (χ1) is 9.18. The van der Waals surface area contributed by atoms with Gasteiger partial charge in [-0.05, 0) is 19.4 Å². The Morgan fingerprint density at radius 3 is 2.15 bits per heavy atom. The summed E-state index contributed by atoms with van der Waals surface area (Å²) in [6, 6.07) is 10.0. The highest BCUT2D eigenvalue weighted by Gasteiger charge is 2.37. The third kappa shape index (κ3) is 4.51. The van der Waals surface area contributed by atoms with Crippen LogP contribution in [0.25, 0.3) is 0 Å². The average Bonchev–Trinajstić information content (AvgIpc) is 2.37. The lowest BCUT2D eigenvalue weighted by molar-refractivity contribution is -0.150. The van der Waals surface area contributed by atoms with Crippen molar-refractivity contribution in [2.45, 2.75) is 31.6 Å². The molecule has 0 amide bonds. The Hall–Kier alpha value is -1.58. The van der Waals surface area contributed by atoms with Crippen LogP contribution in [0.5, 0.6) is 0 Å². The molecule has 1 rings (SSSR count). The van der Waals surface area contributed by atoms with Crippen molar-refractivity contribution >= 4 is 0 Å². The molecule has 1 atom stereocenters. The predicted molar refractivity (Wildman–Crippen MR) is 70.7 cm³/mol. The minimum atomic E-state index is -4.32. The normalized spacial score (nSPS) is 15.2. The Morgan fingerprint density at radius 2 is 1.75 bits per heavy atom. The number of halogens is 3. The molecular weight excluding hydrogens is 267 g/mol. The minimum absolute atomic E-state index is 0.176. The average molecular weight is 285 g/mol. The molecular formula is C14H18F3N3. The van der Waals surface area contributed by atoms with Crippen molar-refractivity contribution < 1.29 is 13.2 Å². The summed E-state index contributed by atoms with van der Waals surface area (Å²) in [7, 11) is 0. The standard InChI is InChI=1S/C14H18F3N3/c1-11(2)20(10-14(15,16)17)9-13(19,8-18)12-6-4-3-5-7-12/h3-7,11H,9-10,19H2,1-2H3. The van der Waals surface area contributed by atoms with Gasteiger partial charge in [0.25, 0.3) is 0 Å². The predicted octanol–water partition coefficient (Wildman–Crippen LogP) is 2.64. The molecule has 0 aliphatic carbocycles. The minimum Gasteiger partial charge on any atom is -0.309 e. The van der Waals surface area contributed by atoms with Crippen molar-refractivity contribution in [2.24, 2.45) is 5.73 Å². The van der Waals surface area contributed by atoms with E-state index in [0.29, 0.717) is 5.56 Å². The number of nitrogens with two attached hydrogens (primary N) is 1. The van der Waals surface area contributed by atoms with E-state index < -0.39 is 18.3 Å². The highest BCUT2D eigenvalue weighted by atomic mass is 19.4. The van der Waals surface area contributed by atoms with Gasteiger partial charge < -0.3 is 5.73 Å². The molecule has 0 fully saturated rings. The van der Waals surface area contributed by atoms with Crippen LogP contribution in [0.1, 0.15) is 19.4 Å². The number of nitriles is 1. The highest BCUT2D eigenvalue weighted by Crippen LogP contribution is 2.23. The maximum atomic E-state index is 12.6. The summed E-state index contributed by atoms with van der Waals surface area (Å²) in [5.74, 6) is 0. The Bertz CT molecular complexity index is 465. The molecule has 0 saturated heterocycles. The van der Waals surface area contributed by atoms with Gasteiger partial charge in [0, 0.05) is 12.6 Å². The molecule has 1 unspecified atom stereocenters. The molecule has 1 aromatic rings. The Kier molecular flexibility index (Phi) is 5.15. The van der Waals surface area contributed by atoms with E-state index in [9.17, 15) is 18.4 Å². The van der Waals surface area contributed by atoms with Gasteiger partial charge in [0.2, 0.25) is 0 Å². The first kappa shape index (κ1) is 16.5. The second kappa shape index (κ2) is 6.25.